The first-order valence-corrected chi connectivity index (χ1v) is 26.1. The Balaban J connectivity index is 0.000000234. The van der Waals surface area contributed by atoms with Gasteiger partial charge >= 0.3 is 23.1 Å². The van der Waals surface area contributed by atoms with E-state index in [0.717, 1.165) is 107 Å². The van der Waals surface area contributed by atoms with Crippen LogP contribution in [0.5, 0.6) is 0 Å². The van der Waals surface area contributed by atoms with E-state index in [1.54, 1.807) is 12.4 Å². The number of aromatic nitrogens is 6. The summed E-state index contributed by atoms with van der Waals surface area (Å²) in [6, 6.07) is 37.9. The number of amides is 1. The number of nitrogens with zero attached hydrogens (tertiary/aromatic N) is 6. The van der Waals surface area contributed by atoms with Crippen molar-refractivity contribution in [3.63, 3.8) is 0 Å². The summed E-state index contributed by atoms with van der Waals surface area (Å²) < 4.78 is 37.5. The Morgan fingerprint density at radius 1 is 0.605 bits per heavy atom. The van der Waals surface area contributed by atoms with Crippen molar-refractivity contribution < 1.29 is 26.4 Å². The number of carbonyl (C=O) groups is 2. The van der Waals surface area contributed by atoms with E-state index < -0.39 is 28.4 Å². The molecule has 4 aromatic heterocycles. The Kier molecular flexibility index (Phi) is 23.9. The first-order chi connectivity index (χ1) is 36.4. The Bertz CT molecular complexity index is 3290. The van der Waals surface area contributed by atoms with Crippen LogP contribution in [0.3, 0.4) is 0 Å². The van der Waals surface area contributed by atoms with Crippen molar-refractivity contribution in [2.45, 2.75) is 83.0 Å². The summed E-state index contributed by atoms with van der Waals surface area (Å²) in [7, 11) is 0. The lowest BCUT2D eigenvalue weighted by molar-refractivity contribution is -0.117. The van der Waals surface area contributed by atoms with E-state index in [1.807, 2.05) is 60.7 Å². The summed E-state index contributed by atoms with van der Waals surface area (Å²) in [4.78, 5) is 39.7. The highest BCUT2D eigenvalue weighted by atomic mass is 35.5. The largest absolute Gasteiger partial charge is 0.351 e. The summed E-state index contributed by atoms with van der Waals surface area (Å²) in [5, 5.41) is 12.6. The fourth-order valence-corrected chi connectivity index (χ4v) is 9.41. The summed E-state index contributed by atoms with van der Waals surface area (Å²) in [5.74, 6) is 1.01. The van der Waals surface area contributed by atoms with Crippen molar-refractivity contribution in [1.82, 2.24) is 34.4 Å². The number of anilines is 2. The van der Waals surface area contributed by atoms with Gasteiger partial charge in [-0.1, -0.05) is 117 Å². The maximum atomic E-state index is 11.7. The van der Waals surface area contributed by atoms with Crippen molar-refractivity contribution in [3.05, 3.63) is 169 Å². The molecule has 4 aromatic carbocycles. The molecule has 0 saturated heterocycles. The maximum absolute atomic E-state index is 11.7. The van der Waals surface area contributed by atoms with Gasteiger partial charge in [-0.05, 0) is 112 Å². The van der Waals surface area contributed by atoms with Crippen molar-refractivity contribution in [1.29, 1.82) is 0 Å². The third-order valence-electron chi connectivity index (χ3n) is 12.2. The number of benzene rings is 4. The second kappa shape index (κ2) is 30.4. The van der Waals surface area contributed by atoms with Crippen molar-refractivity contribution >= 4 is 103 Å². The van der Waals surface area contributed by atoms with Gasteiger partial charge in [-0.25, -0.2) is 19.9 Å². The normalized spacial score (nSPS) is 16.3. The zero-order chi connectivity index (χ0) is 53.7. The van der Waals surface area contributed by atoms with Crippen molar-refractivity contribution in [3.8, 4) is 33.9 Å². The number of halogens is 3. The summed E-state index contributed by atoms with van der Waals surface area (Å²) in [5.41, 5.74) is 13.9. The predicted molar refractivity (Wildman–Crippen MR) is 306 cm³/mol. The summed E-state index contributed by atoms with van der Waals surface area (Å²) >= 11 is 16.4. The van der Waals surface area contributed by atoms with Gasteiger partial charge in [0.1, 0.15) is 0 Å². The number of carbonyl (C=O) groups excluding carboxylic acids is 2. The van der Waals surface area contributed by atoms with Crippen LogP contribution in [0.4, 0.5) is 11.9 Å². The van der Waals surface area contributed by atoms with E-state index in [2.05, 4.69) is 109 Å². The average Bonchev–Trinajstić information content (AvgIpc) is 4.03. The Hall–Kier alpha value is -7.19. The predicted octanol–water partition coefficient (Wildman–Crippen LogP) is 11.4. The molecular weight excluding hydrogens is 1070 g/mol. The van der Waals surface area contributed by atoms with Crippen LogP contribution < -0.4 is 21.7 Å². The highest BCUT2D eigenvalue weighted by molar-refractivity contribution is 7.52. The number of nitrogens with one attached hydrogen (secondary N) is 3. The van der Waals surface area contributed by atoms with Gasteiger partial charge < -0.3 is 30.8 Å². The van der Waals surface area contributed by atoms with Crippen LogP contribution >= 0.6 is 34.8 Å². The molecule has 0 bridgehead atoms. The highest BCUT2D eigenvalue weighted by Crippen LogP contribution is 2.37. The molecule has 16 nitrogen and oxygen atoms in total. The molecule has 4 atom stereocenters. The smallest absolute Gasteiger partial charge is 0.335 e. The van der Waals surface area contributed by atoms with E-state index in [9.17, 15) is 9.59 Å². The average molecular weight is 1120 g/mol. The molecule has 0 aliphatic heterocycles. The van der Waals surface area contributed by atoms with Crippen LogP contribution in [0.2, 0.25) is 10.0 Å². The fourth-order valence-electron chi connectivity index (χ4n) is 9.03. The molecule has 5 N–H and O–H groups in total. The number of hydrogen-bond acceptors (Lipinski definition) is 13. The Labute approximate surface area is 463 Å². The molecule has 76 heavy (non-hydrogen) atoms. The number of hydrogen-bond donors (Lipinski definition) is 4. The SMILES string of the molecule is C.C=CC(=O)Cl.C=CC(=O)N[C@H]1CCC[C@@H](Nc2ncc(Cl)c(-c3cn(-c4ccccc4)c4ccccc34)n2)C1.N[C@H]1CCC[C@@H](Nc2ncc(Cl)c(-c3cn(-c4ccccc4)c4ccccc34)n2)C1.O=S=O.O=S=O. The molecule has 0 spiro atoms. The lowest BCUT2D eigenvalue weighted by Gasteiger charge is -2.30. The van der Waals surface area contributed by atoms with E-state index in [-0.39, 0.29) is 31.5 Å². The number of para-hydroxylation sites is 4. The quantitative estimate of drug-likeness (QED) is 0.0699. The van der Waals surface area contributed by atoms with Crippen molar-refractivity contribution in [2.75, 3.05) is 10.6 Å². The molecule has 2 fully saturated rings. The van der Waals surface area contributed by atoms with Gasteiger partial charge in [-0.3, -0.25) is 9.59 Å². The van der Waals surface area contributed by atoms with Gasteiger partial charge in [0.2, 0.25) is 23.0 Å². The molecule has 21 heteroatoms. The standard InChI is InChI=1S/C27H26ClN5O.C24H24ClN5.C3H3ClO.CH4.2O2S/c1-2-25(34)30-18-9-8-10-19(15-18)31-27-29-16-23(28)26(32-27)22-17-33(20-11-4-3-5-12-20)24-14-7-6-13-21(22)24;25-21-14-27-24(28-17-8-6-7-16(26)13-17)29-23(21)20-15-30(18-9-2-1-3-10-18)22-12-5-4-11-19(20)22;1-2-3(4)5;;2*1-3-2/h2-7,11-14,16-19H,1,8-10,15H2,(H,30,34)(H,29,31,32);1-5,9-12,14-17H,6-8,13,26H2,(H,27,28,29);2H,1H2;1H4;;/t18-,19+;16-,17+;;;;/m00..../s1. The van der Waals surface area contributed by atoms with Crippen LogP contribution in [0.25, 0.3) is 55.7 Å². The molecule has 0 radical (unpaired) electrons. The molecule has 1 amide bonds. The van der Waals surface area contributed by atoms with Crippen LogP contribution in [0, 0.1) is 0 Å². The van der Waals surface area contributed by atoms with E-state index in [4.69, 9.17) is 67.3 Å². The summed E-state index contributed by atoms with van der Waals surface area (Å²) in [6.07, 6.45) is 17.9. The lowest BCUT2D eigenvalue weighted by atomic mass is 9.91. The molecule has 2 saturated carbocycles. The second-order valence-corrected chi connectivity index (χ2v) is 18.6. The number of allylic oxidation sites excluding steroid dienone is 1. The fraction of sp³-hybridized carbons (Fsp3) is 0.236. The van der Waals surface area contributed by atoms with E-state index in [0.29, 0.717) is 33.7 Å². The minimum absolute atomic E-state index is 0. The molecular formula is C55H57Cl3N10O6S2. The van der Waals surface area contributed by atoms with Crippen molar-refractivity contribution in [2.24, 2.45) is 5.73 Å². The van der Waals surface area contributed by atoms with Gasteiger partial charge in [0.05, 0.1) is 44.9 Å². The maximum Gasteiger partial charge on any atom is 0.335 e. The first-order valence-electron chi connectivity index (χ1n) is 23.7. The van der Waals surface area contributed by atoms with Crippen LogP contribution in [0.15, 0.2) is 159 Å². The van der Waals surface area contributed by atoms with Crippen LogP contribution in [0.1, 0.15) is 58.8 Å². The van der Waals surface area contributed by atoms with E-state index in [1.165, 1.54) is 6.08 Å². The van der Waals surface area contributed by atoms with Crippen LogP contribution in [-0.4, -0.2) is 81.2 Å². The molecule has 10 rings (SSSR count). The third-order valence-corrected chi connectivity index (χ3v) is 12.9. The molecule has 2 aliphatic rings. The summed E-state index contributed by atoms with van der Waals surface area (Å²) in [6.45, 7) is 6.62. The molecule has 8 aromatic rings. The van der Waals surface area contributed by atoms with Gasteiger partial charge in [0, 0.05) is 69.8 Å². The molecule has 2 aliphatic carbocycles. The van der Waals surface area contributed by atoms with Gasteiger partial charge in [-0.2, -0.15) is 16.8 Å². The zero-order valence-electron chi connectivity index (χ0n) is 40.4. The number of fused-ring (bicyclic) bond motifs is 2. The third kappa shape index (κ3) is 16.4. The number of rotatable bonds is 11. The Morgan fingerprint density at radius 2 is 1.00 bits per heavy atom. The molecule has 0 unspecified atom stereocenters. The second-order valence-electron chi connectivity index (χ2n) is 17.1. The topological polar surface area (TPSA) is 226 Å². The lowest BCUT2D eigenvalue weighted by Crippen LogP contribution is -2.41. The first kappa shape index (κ1) is 59.7. The van der Waals surface area contributed by atoms with Crippen LogP contribution in [-0.2, 0) is 32.7 Å². The zero-order valence-corrected chi connectivity index (χ0v) is 44.3. The molecule has 4 heterocycles. The van der Waals surface area contributed by atoms with Gasteiger partial charge in [0.25, 0.3) is 0 Å². The monoisotopic (exact) mass is 1120 g/mol. The minimum Gasteiger partial charge on any atom is -0.351 e. The minimum atomic E-state index is -0.750. The van der Waals surface area contributed by atoms with Gasteiger partial charge in [0.15, 0.2) is 0 Å². The molecule has 396 valence electrons. The Morgan fingerprint density at radius 3 is 1.42 bits per heavy atom. The van der Waals surface area contributed by atoms with E-state index >= 15 is 0 Å². The highest BCUT2D eigenvalue weighted by Gasteiger charge is 2.25. The number of nitrogens with two attached hydrogens (primary N) is 1. The van der Waals surface area contributed by atoms with Gasteiger partial charge in [-0.15, -0.1) is 0 Å².